The number of ether oxygens (including phenoxy) is 1. The summed E-state index contributed by atoms with van der Waals surface area (Å²) in [6.07, 6.45) is 5.73. The summed E-state index contributed by atoms with van der Waals surface area (Å²) in [5, 5.41) is 11.1. The SMILES string of the molecule is CC(=O)O[C@@H]1[C@@H]2C(C)=CCC[C@]2(C)CC[C@@]1(O)C(C)C. The minimum absolute atomic E-state index is 0.0751. The second-order valence-electron chi connectivity index (χ2n) is 7.29. The maximum Gasteiger partial charge on any atom is 0.303 e. The van der Waals surface area contributed by atoms with Gasteiger partial charge in [-0.1, -0.05) is 32.4 Å². The lowest BCUT2D eigenvalue weighted by Crippen LogP contribution is -2.60. The van der Waals surface area contributed by atoms with Crippen molar-refractivity contribution in [3.05, 3.63) is 11.6 Å². The van der Waals surface area contributed by atoms with Crippen LogP contribution in [0.1, 0.15) is 60.3 Å². The summed E-state index contributed by atoms with van der Waals surface area (Å²) in [5.74, 6) is -0.0795. The number of carbonyl (C=O) groups is 1. The lowest BCUT2D eigenvalue weighted by molar-refractivity contribution is -0.204. The zero-order chi connectivity index (χ0) is 15.1. The summed E-state index contributed by atoms with van der Waals surface area (Å²) < 4.78 is 5.64. The molecule has 1 N–H and O–H groups in total. The summed E-state index contributed by atoms with van der Waals surface area (Å²) in [7, 11) is 0. The minimum Gasteiger partial charge on any atom is -0.459 e. The third-order valence-electron chi connectivity index (χ3n) is 5.61. The first-order chi connectivity index (χ1) is 9.20. The first-order valence-electron chi connectivity index (χ1n) is 7.77. The van der Waals surface area contributed by atoms with Crippen molar-refractivity contribution in [3.63, 3.8) is 0 Å². The molecule has 1 saturated carbocycles. The van der Waals surface area contributed by atoms with Crippen molar-refractivity contribution in [2.45, 2.75) is 72.0 Å². The van der Waals surface area contributed by atoms with Crippen molar-refractivity contribution in [1.29, 1.82) is 0 Å². The smallest absolute Gasteiger partial charge is 0.303 e. The molecular weight excluding hydrogens is 252 g/mol. The van der Waals surface area contributed by atoms with E-state index in [-0.39, 0.29) is 23.2 Å². The van der Waals surface area contributed by atoms with Crippen LogP contribution in [0.3, 0.4) is 0 Å². The molecule has 114 valence electrons. The summed E-state index contributed by atoms with van der Waals surface area (Å²) >= 11 is 0. The van der Waals surface area contributed by atoms with E-state index in [0.29, 0.717) is 6.42 Å². The number of carbonyl (C=O) groups excluding carboxylic acids is 1. The van der Waals surface area contributed by atoms with Gasteiger partial charge in [0.15, 0.2) is 0 Å². The Morgan fingerprint density at radius 3 is 2.60 bits per heavy atom. The molecule has 2 aliphatic carbocycles. The van der Waals surface area contributed by atoms with Crippen LogP contribution in [0.4, 0.5) is 0 Å². The molecular formula is C17H28O3. The molecule has 3 heteroatoms. The van der Waals surface area contributed by atoms with E-state index in [2.05, 4.69) is 19.9 Å². The fourth-order valence-electron chi connectivity index (χ4n) is 4.23. The highest BCUT2D eigenvalue weighted by molar-refractivity contribution is 5.66. The van der Waals surface area contributed by atoms with Crippen LogP contribution < -0.4 is 0 Å². The zero-order valence-corrected chi connectivity index (χ0v) is 13.4. The second kappa shape index (κ2) is 5.18. The number of hydrogen-bond acceptors (Lipinski definition) is 3. The molecule has 0 bridgehead atoms. The van der Waals surface area contributed by atoms with Gasteiger partial charge in [-0.3, -0.25) is 4.79 Å². The molecule has 0 aliphatic heterocycles. The van der Waals surface area contributed by atoms with Gasteiger partial charge in [-0.15, -0.1) is 0 Å². The molecule has 0 amide bonds. The van der Waals surface area contributed by atoms with Gasteiger partial charge in [-0.25, -0.2) is 0 Å². The molecule has 0 saturated heterocycles. The average Bonchev–Trinajstić information content (AvgIpc) is 2.33. The highest BCUT2D eigenvalue weighted by Crippen LogP contribution is 2.55. The molecule has 0 heterocycles. The van der Waals surface area contributed by atoms with Gasteiger partial charge in [0.25, 0.3) is 0 Å². The quantitative estimate of drug-likeness (QED) is 0.622. The van der Waals surface area contributed by atoms with Crippen LogP contribution in [-0.2, 0) is 9.53 Å². The van der Waals surface area contributed by atoms with Crippen molar-refractivity contribution in [1.82, 2.24) is 0 Å². The molecule has 0 aromatic heterocycles. The van der Waals surface area contributed by atoms with E-state index in [4.69, 9.17) is 4.74 Å². The van der Waals surface area contributed by atoms with Crippen molar-refractivity contribution < 1.29 is 14.6 Å². The molecule has 1 fully saturated rings. The summed E-state index contributed by atoms with van der Waals surface area (Å²) in [5.41, 5.74) is 0.492. The predicted molar refractivity (Wildman–Crippen MR) is 79.2 cm³/mol. The molecule has 0 radical (unpaired) electrons. The van der Waals surface area contributed by atoms with Crippen LogP contribution in [0.2, 0.25) is 0 Å². The maximum atomic E-state index is 11.6. The molecule has 20 heavy (non-hydrogen) atoms. The Morgan fingerprint density at radius 1 is 1.40 bits per heavy atom. The normalized spacial score (nSPS) is 41.0. The molecule has 0 unspecified atom stereocenters. The Morgan fingerprint density at radius 2 is 2.05 bits per heavy atom. The molecule has 4 atom stereocenters. The van der Waals surface area contributed by atoms with E-state index in [1.165, 1.54) is 12.5 Å². The zero-order valence-electron chi connectivity index (χ0n) is 13.4. The van der Waals surface area contributed by atoms with Gasteiger partial charge in [0.1, 0.15) is 11.7 Å². The minimum atomic E-state index is -0.914. The number of allylic oxidation sites excluding steroid dienone is 1. The fraction of sp³-hybridized carbons (Fsp3) is 0.824. The summed E-state index contributed by atoms with van der Waals surface area (Å²) in [6.45, 7) is 9.87. The Bertz CT molecular complexity index is 426. The van der Waals surface area contributed by atoms with E-state index >= 15 is 0 Å². The lowest BCUT2D eigenvalue weighted by Gasteiger charge is -2.55. The highest BCUT2D eigenvalue weighted by Gasteiger charge is 2.57. The van der Waals surface area contributed by atoms with E-state index in [0.717, 1.165) is 19.3 Å². The Balaban J connectivity index is 2.45. The molecule has 0 aromatic carbocycles. The van der Waals surface area contributed by atoms with E-state index in [1.54, 1.807) is 0 Å². The standard InChI is InChI=1S/C17H28O3/c1-11(2)17(19)10-9-16(5)8-6-7-12(3)14(16)15(17)20-13(4)18/h7,11,14-15,19H,6,8-10H2,1-5H3/t14-,15+,16+,17+/m0/s1. The first-order valence-corrected chi connectivity index (χ1v) is 7.77. The lowest BCUT2D eigenvalue weighted by atomic mass is 9.54. The summed E-state index contributed by atoms with van der Waals surface area (Å²) in [6, 6.07) is 0. The second-order valence-corrected chi connectivity index (χ2v) is 7.29. The van der Waals surface area contributed by atoms with Crippen LogP contribution in [0, 0.1) is 17.3 Å². The van der Waals surface area contributed by atoms with Crippen LogP contribution in [-0.4, -0.2) is 22.8 Å². The number of hydrogen-bond donors (Lipinski definition) is 1. The van der Waals surface area contributed by atoms with Crippen molar-refractivity contribution in [2.75, 3.05) is 0 Å². The van der Waals surface area contributed by atoms with Crippen molar-refractivity contribution in [3.8, 4) is 0 Å². The van der Waals surface area contributed by atoms with Gasteiger partial charge in [0.2, 0.25) is 0 Å². The molecule has 2 aliphatic rings. The summed E-state index contributed by atoms with van der Waals surface area (Å²) in [4.78, 5) is 11.6. The fourth-order valence-corrected chi connectivity index (χ4v) is 4.23. The third kappa shape index (κ3) is 2.41. The van der Waals surface area contributed by atoms with Gasteiger partial charge in [0, 0.05) is 12.8 Å². The van der Waals surface area contributed by atoms with Crippen LogP contribution in [0.25, 0.3) is 0 Å². The van der Waals surface area contributed by atoms with Gasteiger partial charge < -0.3 is 9.84 Å². The predicted octanol–water partition coefficient (Wildman–Crippen LogP) is 3.46. The largest absolute Gasteiger partial charge is 0.459 e. The Kier molecular flexibility index (Phi) is 4.03. The number of fused-ring (bicyclic) bond motifs is 1. The molecule has 0 spiro atoms. The van der Waals surface area contributed by atoms with Gasteiger partial charge in [-0.2, -0.15) is 0 Å². The maximum absolute atomic E-state index is 11.6. The Labute approximate surface area is 122 Å². The number of esters is 1. The first kappa shape index (κ1) is 15.6. The van der Waals surface area contributed by atoms with Crippen molar-refractivity contribution in [2.24, 2.45) is 17.3 Å². The third-order valence-corrected chi connectivity index (χ3v) is 5.61. The van der Waals surface area contributed by atoms with Gasteiger partial charge >= 0.3 is 5.97 Å². The highest BCUT2D eigenvalue weighted by atomic mass is 16.6. The Hall–Kier alpha value is -0.830. The number of aliphatic hydroxyl groups is 1. The van der Waals surface area contributed by atoms with Crippen LogP contribution in [0.5, 0.6) is 0 Å². The van der Waals surface area contributed by atoms with Gasteiger partial charge in [0.05, 0.1) is 0 Å². The monoisotopic (exact) mass is 280 g/mol. The topological polar surface area (TPSA) is 46.5 Å². The molecule has 0 aromatic rings. The average molecular weight is 280 g/mol. The number of rotatable bonds is 2. The van der Waals surface area contributed by atoms with Crippen LogP contribution in [0.15, 0.2) is 11.6 Å². The van der Waals surface area contributed by atoms with Gasteiger partial charge in [-0.05, 0) is 43.9 Å². The van der Waals surface area contributed by atoms with Crippen LogP contribution >= 0.6 is 0 Å². The van der Waals surface area contributed by atoms with E-state index in [9.17, 15) is 9.90 Å². The van der Waals surface area contributed by atoms with E-state index in [1.807, 2.05) is 13.8 Å². The molecule has 2 rings (SSSR count). The van der Waals surface area contributed by atoms with E-state index < -0.39 is 11.7 Å². The molecule has 3 nitrogen and oxygen atoms in total. The van der Waals surface area contributed by atoms with Crippen molar-refractivity contribution >= 4 is 5.97 Å².